The molecule has 1 fully saturated rings. The van der Waals surface area contributed by atoms with Gasteiger partial charge in [0.25, 0.3) is 0 Å². The molecule has 0 aliphatic carbocycles. The Hall–Kier alpha value is -1.75. The van der Waals surface area contributed by atoms with E-state index in [0.717, 1.165) is 47.9 Å². The molecule has 0 amide bonds. The first-order chi connectivity index (χ1) is 12.1. The molecule has 1 aliphatic rings. The molecular weight excluding hydrogens is 336 g/mol. The molecule has 1 aliphatic heterocycles. The fraction of sp³-hybridized carbons (Fsp3) is 0.400. The van der Waals surface area contributed by atoms with Gasteiger partial charge in [0, 0.05) is 11.6 Å². The molecule has 2 unspecified atom stereocenters. The van der Waals surface area contributed by atoms with Crippen LogP contribution in [0.3, 0.4) is 0 Å². The van der Waals surface area contributed by atoms with Crippen molar-refractivity contribution >= 4 is 11.6 Å². The van der Waals surface area contributed by atoms with Crippen LogP contribution in [0.1, 0.15) is 30.0 Å². The molecule has 5 heteroatoms. The second-order valence-electron chi connectivity index (χ2n) is 6.52. The fourth-order valence-corrected chi connectivity index (χ4v) is 3.99. The van der Waals surface area contributed by atoms with Crippen LogP contribution in [0.2, 0.25) is 5.02 Å². The Kier molecular flexibility index (Phi) is 5.84. The van der Waals surface area contributed by atoms with Gasteiger partial charge in [-0.25, -0.2) is 5.01 Å². The number of hydrogen-bond acceptors (Lipinski definition) is 4. The summed E-state index contributed by atoms with van der Waals surface area (Å²) in [4.78, 5) is 0. The third kappa shape index (κ3) is 4.09. The molecule has 134 valence electrons. The molecule has 4 nitrogen and oxygen atoms in total. The molecule has 0 saturated carbocycles. The van der Waals surface area contributed by atoms with Gasteiger partial charge >= 0.3 is 0 Å². The monoisotopic (exact) mass is 360 g/mol. The van der Waals surface area contributed by atoms with Gasteiger partial charge in [-0.3, -0.25) is 5.84 Å². The first-order valence-electron chi connectivity index (χ1n) is 8.60. The summed E-state index contributed by atoms with van der Waals surface area (Å²) in [5, 5.41) is 2.69. The van der Waals surface area contributed by atoms with Crippen molar-refractivity contribution in [2.45, 2.75) is 25.3 Å². The van der Waals surface area contributed by atoms with Crippen LogP contribution in [0.25, 0.3) is 0 Å². The van der Waals surface area contributed by atoms with Gasteiger partial charge in [0.15, 0.2) is 0 Å². The van der Waals surface area contributed by atoms with Crippen LogP contribution in [0.5, 0.6) is 11.5 Å². The number of ether oxygens (including phenoxy) is 2. The molecule has 0 spiro atoms. The number of rotatable bonds is 5. The SMILES string of the molecule is COc1cccc(C2C(Cc3cc(Cl)ccc3OC)CCCN2N)c1. The Morgan fingerprint density at radius 2 is 2.00 bits per heavy atom. The summed E-state index contributed by atoms with van der Waals surface area (Å²) in [6.45, 7) is 0.894. The number of nitrogens with zero attached hydrogens (tertiary/aromatic N) is 1. The Bertz CT molecular complexity index is 723. The maximum atomic E-state index is 6.38. The molecule has 0 radical (unpaired) electrons. The normalized spacial score (nSPS) is 21.1. The van der Waals surface area contributed by atoms with Gasteiger partial charge in [-0.1, -0.05) is 23.7 Å². The maximum Gasteiger partial charge on any atom is 0.122 e. The molecule has 0 aromatic heterocycles. The van der Waals surface area contributed by atoms with Crippen LogP contribution in [-0.2, 0) is 6.42 Å². The lowest BCUT2D eigenvalue weighted by Gasteiger charge is -2.39. The standard InChI is InChI=1S/C20H25ClN2O2/c1-24-18-7-3-5-15(13-18)20-14(6-4-10-23(20)22)11-16-12-17(21)8-9-19(16)25-2/h3,5,7-9,12-14,20H,4,6,10-11,22H2,1-2H3. The van der Waals surface area contributed by atoms with Crippen molar-refractivity contribution in [2.75, 3.05) is 20.8 Å². The van der Waals surface area contributed by atoms with Crippen molar-refractivity contribution in [2.24, 2.45) is 11.8 Å². The van der Waals surface area contributed by atoms with E-state index in [1.807, 2.05) is 35.3 Å². The number of halogens is 1. The molecule has 25 heavy (non-hydrogen) atoms. The number of hydrazine groups is 1. The largest absolute Gasteiger partial charge is 0.497 e. The van der Waals surface area contributed by atoms with Crippen molar-refractivity contribution in [3.05, 3.63) is 58.6 Å². The highest BCUT2D eigenvalue weighted by Gasteiger charge is 2.32. The van der Waals surface area contributed by atoms with E-state index in [9.17, 15) is 0 Å². The molecular formula is C20H25ClN2O2. The van der Waals surface area contributed by atoms with E-state index in [0.29, 0.717) is 5.92 Å². The van der Waals surface area contributed by atoms with E-state index in [-0.39, 0.29) is 6.04 Å². The van der Waals surface area contributed by atoms with Crippen LogP contribution in [0.4, 0.5) is 0 Å². The highest BCUT2D eigenvalue weighted by Crippen LogP contribution is 2.39. The molecule has 2 atom stereocenters. The number of hydrogen-bond donors (Lipinski definition) is 1. The smallest absolute Gasteiger partial charge is 0.122 e. The summed E-state index contributed by atoms with van der Waals surface area (Å²) in [7, 11) is 3.39. The van der Waals surface area contributed by atoms with Crippen LogP contribution in [-0.4, -0.2) is 25.8 Å². The zero-order chi connectivity index (χ0) is 17.8. The van der Waals surface area contributed by atoms with E-state index < -0.39 is 0 Å². The summed E-state index contributed by atoms with van der Waals surface area (Å²) in [6.07, 6.45) is 3.08. The Morgan fingerprint density at radius 3 is 2.76 bits per heavy atom. The quantitative estimate of drug-likeness (QED) is 0.811. The summed E-state index contributed by atoms with van der Waals surface area (Å²) < 4.78 is 10.9. The zero-order valence-corrected chi connectivity index (χ0v) is 15.5. The summed E-state index contributed by atoms with van der Waals surface area (Å²) in [5.41, 5.74) is 2.32. The minimum atomic E-state index is 0.146. The Morgan fingerprint density at radius 1 is 1.16 bits per heavy atom. The first kappa shape index (κ1) is 18.1. The molecule has 1 heterocycles. The van der Waals surface area contributed by atoms with E-state index in [4.69, 9.17) is 26.9 Å². The predicted octanol–water partition coefficient (Wildman–Crippen LogP) is 4.23. The topological polar surface area (TPSA) is 47.7 Å². The Balaban J connectivity index is 1.91. The van der Waals surface area contributed by atoms with Gasteiger partial charge in [-0.15, -0.1) is 0 Å². The molecule has 2 N–H and O–H groups in total. The van der Waals surface area contributed by atoms with Gasteiger partial charge in [0.05, 0.1) is 20.3 Å². The molecule has 1 saturated heterocycles. The average molecular weight is 361 g/mol. The number of nitrogens with two attached hydrogens (primary N) is 1. The van der Waals surface area contributed by atoms with Crippen molar-refractivity contribution in [1.29, 1.82) is 0 Å². The lowest BCUT2D eigenvalue weighted by atomic mass is 9.81. The highest BCUT2D eigenvalue weighted by molar-refractivity contribution is 6.30. The molecule has 0 bridgehead atoms. The highest BCUT2D eigenvalue weighted by atomic mass is 35.5. The van der Waals surface area contributed by atoms with E-state index >= 15 is 0 Å². The minimum Gasteiger partial charge on any atom is -0.497 e. The van der Waals surface area contributed by atoms with Crippen molar-refractivity contribution < 1.29 is 9.47 Å². The zero-order valence-electron chi connectivity index (χ0n) is 14.7. The van der Waals surface area contributed by atoms with Crippen LogP contribution in [0.15, 0.2) is 42.5 Å². The van der Waals surface area contributed by atoms with Gasteiger partial charge in [0.1, 0.15) is 11.5 Å². The third-order valence-corrected chi connectivity index (χ3v) is 5.19. The minimum absolute atomic E-state index is 0.146. The number of methoxy groups -OCH3 is 2. The maximum absolute atomic E-state index is 6.38. The van der Waals surface area contributed by atoms with Crippen LogP contribution < -0.4 is 15.3 Å². The summed E-state index contributed by atoms with van der Waals surface area (Å²) in [5.74, 6) is 8.50. The van der Waals surface area contributed by atoms with Crippen molar-refractivity contribution in [3.63, 3.8) is 0 Å². The van der Waals surface area contributed by atoms with Crippen LogP contribution >= 0.6 is 11.6 Å². The van der Waals surface area contributed by atoms with E-state index in [1.165, 1.54) is 5.56 Å². The average Bonchev–Trinajstić information content (AvgIpc) is 2.62. The summed E-state index contributed by atoms with van der Waals surface area (Å²) in [6, 6.07) is 14.1. The molecule has 2 aromatic rings. The molecule has 2 aromatic carbocycles. The first-order valence-corrected chi connectivity index (χ1v) is 8.98. The van der Waals surface area contributed by atoms with Gasteiger partial charge in [0.2, 0.25) is 0 Å². The van der Waals surface area contributed by atoms with Crippen molar-refractivity contribution in [1.82, 2.24) is 5.01 Å². The van der Waals surface area contributed by atoms with Crippen LogP contribution in [0, 0.1) is 5.92 Å². The summed E-state index contributed by atoms with van der Waals surface area (Å²) >= 11 is 6.21. The van der Waals surface area contributed by atoms with Crippen molar-refractivity contribution in [3.8, 4) is 11.5 Å². The van der Waals surface area contributed by atoms with E-state index in [1.54, 1.807) is 14.2 Å². The lowest BCUT2D eigenvalue weighted by Crippen LogP contribution is -2.44. The van der Waals surface area contributed by atoms with Gasteiger partial charge < -0.3 is 9.47 Å². The van der Waals surface area contributed by atoms with E-state index in [2.05, 4.69) is 12.1 Å². The second kappa shape index (κ2) is 8.09. The third-order valence-electron chi connectivity index (χ3n) is 4.95. The number of benzene rings is 2. The number of piperidine rings is 1. The lowest BCUT2D eigenvalue weighted by molar-refractivity contribution is 0.0921. The van der Waals surface area contributed by atoms with Gasteiger partial charge in [-0.2, -0.15) is 0 Å². The second-order valence-corrected chi connectivity index (χ2v) is 6.96. The van der Waals surface area contributed by atoms with Gasteiger partial charge in [-0.05, 0) is 66.6 Å². The molecule has 3 rings (SSSR count). The predicted molar refractivity (Wildman–Crippen MR) is 101 cm³/mol. The fourth-order valence-electron chi connectivity index (χ4n) is 3.80. The Labute approximate surface area is 154 Å².